The zero-order valence-corrected chi connectivity index (χ0v) is 5.13. The molecule has 0 heterocycles. The van der Waals surface area contributed by atoms with Crippen LogP contribution in [0.1, 0.15) is 6.42 Å². The molecule has 0 aromatic carbocycles. The van der Waals surface area contributed by atoms with E-state index in [1.54, 1.807) is 11.9 Å². The minimum atomic E-state index is 0.651. The molecule has 0 aliphatic carbocycles. The summed E-state index contributed by atoms with van der Waals surface area (Å²) in [6.45, 7) is 1.41. The summed E-state index contributed by atoms with van der Waals surface area (Å²) in [5.41, 5.74) is 5.19. The van der Waals surface area contributed by atoms with E-state index in [2.05, 4.69) is 0 Å². The van der Waals surface area contributed by atoms with E-state index in [9.17, 15) is 4.79 Å². The van der Waals surface area contributed by atoms with Crippen molar-refractivity contribution in [1.82, 2.24) is 4.90 Å². The lowest BCUT2D eigenvalue weighted by molar-refractivity contribution is -0.117. The second-order valence-electron chi connectivity index (χ2n) is 1.73. The Labute approximate surface area is 49.5 Å². The molecule has 0 atom stereocenters. The van der Waals surface area contributed by atoms with Gasteiger partial charge in [-0.25, -0.2) is 0 Å². The maximum absolute atomic E-state index is 9.90. The van der Waals surface area contributed by atoms with Crippen LogP contribution < -0.4 is 5.73 Å². The molecular weight excluding hydrogens is 104 g/mol. The van der Waals surface area contributed by atoms with Crippen LogP contribution in [0.4, 0.5) is 0 Å². The van der Waals surface area contributed by atoms with Crippen molar-refractivity contribution in [2.75, 3.05) is 20.1 Å². The number of hydrogen-bond acceptors (Lipinski definition) is 2. The van der Waals surface area contributed by atoms with Crippen molar-refractivity contribution in [2.24, 2.45) is 5.73 Å². The van der Waals surface area contributed by atoms with Gasteiger partial charge in [0.15, 0.2) is 0 Å². The van der Waals surface area contributed by atoms with Gasteiger partial charge in [0.2, 0.25) is 6.41 Å². The van der Waals surface area contributed by atoms with Crippen LogP contribution in [0.25, 0.3) is 0 Å². The molecule has 0 aliphatic rings. The lowest BCUT2D eigenvalue weighted by atomic mass is 10.4. The average Bonchev–Trinajstić information content (AvgIpc) is 1.83. The Morgan fingerprint density at radius 3 is 2.75 bits per heavy atom. The Morgan fingerprint density at radius 2 is 2.38 bits per heavy atom. The van der Waals surface area contributed by atoms with Gasteiger partial charge in [-0.05, 0) is 13.0 Å². The fourth-order valence-corrected chi connectivity index (χ4v) is 0.393. The Hall–Kier alpha value is -0.570. The zero-order valence-electron chi connectivity index (χ0n) is 5.13. The molecule has 3 heteroatoms. The van der Waals surface area contributed by atoms with Crippen LogP contribution >= 0.6 is 0 Å². The van der Waals surface area contributed by atoms with Crippen molar-refractivity contribution in [3.8, 4) is 0 Å². The molecule has 0 rings (SSSR count). The summed E-state index contributed by atoms with van der Waals surface area (Å²) in [6, 6.07) is 0. The third-order valence-electron chi connectivity index (χ3n) is 0.895. The van der Waals surface area contributed by atoms with Crippen LogP contribution in [0.3, 0.4) is 0 Å². The molecule has 8 heavy (non-hydrogen) atoms. The number of nitrogens with two attached hydrogens (primary N) is 1. The molecule has 0 aromatic heterocycles. The van der Waals surface area contributed by atoms with Crippen molar-refractivity contribution in [1.29, 1.82) is 0 Å². The Morgan fingerprint density at radius 1 is 1.75 bits per heavy atom. The summed E-state index contributed by atoms with van der Waals surface area (Å²) >= 11 is 0. The molecule has 0 aromatic rings. The van der Waals surface area contributed by atoms with Gasteiger partial charge >= 0.3 is 0 Å². The molecule has 0 aliphatic heterocycles. The van der Waals surface area contributed by atoms with Crippen LogP contribution in [0.5, 0.6) is 0 Å². The van der Waals surface area contributed by atoms with E-state index in [1.807, 2.05) is 0 Å². The molecule has 0 saturated heterocycles. The summed E-state index contributed by atoms with van der Waals surface area (Å²) < 4.78 is 0. The molecule has 0 radical (unpaired) electrons. The van der Waals surface area contributed by atoms with Gasteiger partial charge in [0.05, 0.1) is 0 Å². The van der Waals surface area contributed by atoms with Crippen molar-refractivity contribution < 1.29 is 4.79 Å². The highest BCUT2D eigenvalue weighted by atomic mass is 16.1. The highest BCUT2D eigenvalue weighted by molar-refractivity contribution is 5.46. The van der Waals surface area contributed by atoms with Crippen LogP contribution in [-0.4, -0.2) is 31.4 Å². The Balaban J connectivity index is 2.98. The minimum Gasteiger partial charge on any atom is -0.348 e. The van der Waals surface area contributed by atoms with Crippen LogP contribution in [0.2, 0.25) is 0 Å². The topological polar surface area (TPSA) is 46.3 Å². The lowest BCUT2D eigenvalue weighted by Gasteiger charge is -2.07. The van der Waals surface area contributed by atoms with Gasteiger partial charge in [0, 0.05) is 13.6 Å². The van der Waals surface area contributed by atoms with Gasteiger partial charge in [0.1, 0.15) is 0 Å². The summed E-state index contributed by atoms with van der Waals surface area (Å²) in [4.78, 5) is 11.5. The van der Waals surface area contributed by atoms with Crippen LogP contribution in [0, 0.1) is 0 Å². The fourth-order valence-electron chi connectivity index (χ4n) is 0.393. The minimum absolute atomic E-state index is 0.651. The first-order chi connectivity index (χ1) is 3.81. The molecule has 0 spiro atoms. The van der Waals surface area contributed by atoms with Gasteiger partial charge < -0.3 is 10.6 Å². The third-order valence-corrected chi connectivity index (χ3v) is 0.895. The van der Waals surface area contributed by atoms with Crippen molar-refractivity contribution in [3.05, 3.63) is 0 Å². The van der Waals surface area contributed by atoms with E-state index in [4.69, 9.17) is 5.73 Å². The molecule has 0 fully saturated rings. The molecule has 3 nitrogen and oxygen atoms in total. The largest absolute Gasteiger partial charge is 0.348 e. The molecule has 0 bridgehead atoms. The monoisotopic (exact) mass is 116 g/mol. The number of hydrogen-bond donors (Lipinski definition) is 1. The predicted molar refractivity (Wildman–Crippen MR) is 32.4 cm³/mol. The van der Waals surface area contributed by atoms with E-state index in [-0.39, 0.29) is 0 Å². The van der Waals surface area contributed by atoms with E-state index in [0.29, 0.717) is 6.54 Å². The number of rotatable bonds is 4. The van der Waals surface area contributed by atoms with Gasteiger partial charge in [0.25, 0.3) is 0 Å². The Kier molecular flexibility index (Phi) is 4.26. The summed E-state index contributed by atoms with van der Waals surface area (Å²) in [5.74, 6) is 0. The summed E-state index contributed by atoms with van der Waals surface area (Å²) in [5, 5.41) is 0. The summed E-state index contributed by atoms with van der Waals surface area (Å²) in [6.07, 6.45) is 1.69. The van der Waals surface area contributed by atoms with E-state index < -0.39 is 0 Å². The molecule has 1 amide bonds. The van der Waals surface area contributed by atoms with Crippen molar-refractivity contribution in [2.45, 2.75) is 6.42 Å². The molecule has 0 saturated carbocycles. The third kappa shape index (κ3) is 3.61. The first-order valence-corrected chi connectivity index (χ1v) is 2.67. The second-order valence-corrected chi connectivity index (χ2v) is 1.73. The number of amides is 1. The van der Waals surface area contributed by atoms with Gasteiger partial charge in [-0.15, -0.1) is 0 Å². The number of nitrogens with zero attached hydrogens (tertiary/aromatic N) is 1. The second kappa shape index (κ2) is 4.59. The Bertz CT molecular complexity index is 65.4. The van der Waals surface area contributed by atoms with Crippen molar-refractivity contribution >= 4 is 6.41 Å². The first-order valence-electron chi connectivity index (χ1n) is 2.67. The maximum atomic E-state index is 9.90. The van der Waals surface area contributed by atoms with E-state index >= 15 is 0 Å². The highest BCUT2D eigenvalue weighted by Gasteiger charge is 1.88. The molecule has 48 valence electrons. The number of carbonyl (C=O) groups excluding carboxylic acids is 1. The van der Waals surface area contributed by atoms with Crippen LogP contribution in [-0.2, 0) is 4.79 Å². The molecule has 0 unspecified atom stereocenters. The zero-order chi connectivity index (χ0) is 6.41. The van der Waals surface area contributed by atoms with E-state index in [0.717, 1.165) is 19.4 Å². The van der Waals surface area contributed by atoms with Gasteiger partial charge in [-0.2, -0.15) is 0 Å². The van der Waals surface area contributed by atoms with Crippen LogP contribution in [0.15, 0.2) is 0 Å². The normalized spacial score (nSPS) is 8.75. The van der Waals surface area contributed by atoms with E-state index in [1.165, 1.54) is 0 Å². The predicted octanol–water partition coefficient (Wildman–Crippen LogP) is -0.577. The summed E-state index contributed by atoms with van der Waals surface area (Å²) in [7, 11) is 1.74. The quantitative estimate of drug-likeness (QED) is 0.500. The van der Waals surface area contributed by atoms with Crippen molar-refractivity contribution in [3.63, 3.8) is 0 Å². The number of carbonyl (C=O) groups is 1. The highest BCUT2D eigenvalue weighted by Crippen LogP contribution is 1.77. The maximum Gasteiger partial charge on any atom is 0.209 e. The first kappa shape index (κ1) is 7.43. The SMILES string of the molecule is CN(C=O)CCCN. The molecule has 2 N–H and O–H groups in total. The fraction of sp³-hybridized carbons (Fsp3) is 0.800. The molecular formula is C5H12N2O. The van der Waals surface area contributed by atoms with Gasteiger partial charge in [-0.1, -0.05) is 0 Å². The lowest BCUT2D eigenvalue weighted by Crippen LogP contribution is -2.19. The smallest absolute Gasteiger partial charge is 0.209 e. The standard InChI is InChI=1S/C5H12N2O/c1-7(5-8)4-2-3-6/h5H,2-4,6H2,1H3. The van der Waals surface area contributed by atoms with Gasteiger partial charge in [-0.3, -0.25) is 4.79 Å². The average molecular weight is 116 g/mol.